The van der Waals surface area contributed by atoms with E-state index in [1.165, 1.54) is 0 Å². The molecule has 8 heteroatoms. The molecular formula is C15H18ClF3N2O2. The smallest absolute Gasteiger partial charge is 0.416 e. The maximum Gasteiger partial charge on any atom is 0.416 e. The third kappa shape index (κ3) is 3.36. The summed E-state index contributed by atoms with van der Waals surface area (Å²) in [7, 11) is 1.57. The molecule has 1 saturated heterocycles. The molecule has 0 aliphatic carbocycles. The van der Waals surface area contributed by atoms with Gasteiger partial charge in [0.05, 0.1) is 22.9 Å². The van der Waals surface area contributed by atoms with Crippen LogP contribution in [0.4, 0.5) is 18.9 Å². The minimum Gasteiger partial charge on any atom is -0.484 e. The first-order chi connectivity index (χ1) is 10.9. The number of piperazine rings is 1. The van der Waals surface area contributed by atoms with E-state index in [-0.39, 0.29) is 17.2 Å². The van der Waals surface area contributed by atoms with Crippen LogP contribution in [0.25, 0.3) is 0 Å². The van der Waals surface area contributed by atoms with Gasteiger partial charge in [-0.2, -0.15) is 13.2 Å². The molecule has 2 heterocycles. The second-order valence-corrected chi connectivity index (χ2v) is 6.19. The van der Waals surface area contributed by atoms with Crippen LogP contribution >= 0.6 is 11.6 Å². The zero-order valence-corrected chi connectivity index (χ0v) is 13.4. The summed E-state index contributed by atoms with van der Waals surface area (Å²) in [5.74, 6) is 0.311. The molecule has 1 fully saturated rings. The first-order valence-electron chi connectivity index (χ1n) is 7.44. The number of nitrogens with zero attached hydrogens (tertiary/aromatic N) is 1. The highest BCUT2D eigenvalue weighted by Gasteiger charge is 2.37. The van der Waals surface area contributed by atoms with Crippen molar-refractivity contribution in [2.24, 2.45) is 0 Å². The van der Waals surface area contributed by atoms with Crippen LogP contribution in [0, 0.1) is 0 Å². The summed E-state index contributed by atoms with van der Waals surface area (Å²) in [6.45, 7) is 2.37. The molecule has 1 N–H and O–H groups in total. The van der Waals surface area contributed by atoms with Crippen molar-refractivity contribution in [3.63, 3.8) is 0 Å². The third-order valence-corrected chi connectivity index (χ3v) is 4.46. The van der Waals surface area contributed by atoms with Crippen LogP contribution in [0.2, 0.25) is 5.02 Å². The van der Waals surface area contributed by atoms with Crippen LogP contribution in [0.1, 0.15) is 12.0 Å². The Hall–Kier alpha value is -1.18. The Bertz CT molecular complexity index is 583. The lowest BCUT2D eigenvalue weighted by Crippen LogP contribution is -2.52. The van der Waals surface area contributed by atoms with Crippen molar-refractivity contribution in [2.45, 2.75) is 24.7 Å². The first-order valence-corrected chi connectivity index (χ1v) is 7.81. The number of fused-ring (bicyclic) bond motifs is 3. The second kappa shape index (κ2) is 6.37. The topological polar surface area (TPSA) is 33.7 Å². The fourth-order valence-corrected chi connectivity index (χ4v) is 3.43. The quantitative estimate of drug-likeness (QED) is 0.889. The third-order valence-electron chi connectivity index (χ3n) is 4.18. The number of ether oxygens (including phenoxy) is 2. The lowest BCUT2D eigenvalue weighted by Gasteiger charge is -2.37. The first kappa shape index (κ1) is 16.7. The zero-order valence-electron chi connectivity index (χ0n) is 12.6. The summed E-state index contributed by atoms with van der Waals surface area (Å²) < 4.78 is 50.4. The summed E-state index contributed by atoms with van der Waals surface area (Å²) in [6, 6.07) is 2.10. The van der Waals surface area contributed by atoms with Crippen LogP contribution in [0.15, 0.2) is 12.1 Å². The number of methoxy groups -OCH3 is 1. The van der Waals surface area contributed by atoms with Crippen molar-refractivity contribution >= 4 is 17.3 Å². The van der Waals surface area contributed by atoms with Crippen molar-refractivity contribution in [3.8, 4) is 5.75 Å². The summed E-state index contributed by atoms with van der Waals surface area (Å²) in [6.07, 6.45) is -4.03. The van der Waals surface area contributed by atoms with Gasteiger partial charge >= 0.3 is 6.18 Å². The van der Waals surface area contributed by atoms with Crippen LogP contribution < -0.4 is 15.0 Å². The highest BCUT2D eigenvalue weighted by molar-refractivity contribution is 6.32. The van der Waals surface area contributed by atoms with Gasteiger partial charge < -0.3 is 19.7 Å². The fourth-order valence-electron chi connectivity index (χ4n) is 3.17. The van der Waals surface area contributed by atoms with Crippen molar-refractivity contribution in [1.82, 2.24) is 5.32 Å². The molecule has 128 valence electrons. The molecule has 0 saturated carbocycles. The Labute approximate surface area is 137 Å². The minimum atomic E-state index is -4.44. The molecule has 2 aliphatic heterocycles. The number of hydrogen-bond acceptors (Lipinski definition) is 4. The number of halogens is 4. The SMILES string of the molecule is COC[C@@H]1C[C@@H]2CNCCN2c2cc(C(F)(F)F)cc(Cl)c2O1. The fraction of sp³-hybridized carbons (Fsp3) is 0.600. The molecule has 2 aliphatic rings. The van der Waals surface area contributed by atoms with Gasteiger partial charge in [0.15, 0.2) is 5.75 Å². The monoisotopic (exact) mass is 350 g/mol. The highest BCUT2D eigenvalue weighted by atomic mass is 35.5. The number of alkyl halides is 3. The van der Waals surface area contributed by atoms with Gasteiger partial charge in [-0.05, 0) is 12.1 Å². The van der Waals surface area contributed by atoms with E-state index in [1.807, 2.05) is 4.90 Å². The summed E-state index contributed by atoms with van der Waals surface area (Å²) in [5, 5.41) is 3.25. The van der Waals surface area contributed by atoms with E-state index >= 15 is 0 Å². The Morgan fingerprint density at radius 2 is 2.22 bits per heavy atom. The number of nitrogens with one attached hydrogen (secondary N) is 1. The van der Waals surface area contributed by atoms with Crippen LogP contribution in [-0.4, -0.2) is 45.5 Å². The van der Waals surface area contributed by atoms with E-state index in [2.05, 4.69) is 5.32 Å². The van der Waals surface area contributed by atoms with Crippen LogP contribution in [0.5, 0.6) is 5.75 Å². The minimum absolute atomic E-state index is 0.0184. The van der Waals surface area contributed by atoms with E-state index in [0.29, 0.717) is 44.1 Å². The predicted molar refractivity (Wildman–Crippen MR) is 81.4 cm³/mol. The Kier molecular flexibility index (Phi) is 4.62. The Morgan fingerprint density at radius 3 is 2.91 bits per heavy atom. The summed E-state index contributed by atoms with van der Waals surface area (Å²) >= 11 is 6.11. The number of rotatable bonds is 2. The summed E-state index contributed by atoms with van der Waals surface area (Å²) in [4.78, 5) is 1.96. The van der Waals surface area contributed by atoms with E-state index in [4.69, 9.17) is 21.1 Å². The molecule has 0 radical (unpaired) electrons. The van der Waals surface area contributed by atoms with Gasteiger partial charge in [-0.1, -0.05) is 11.6 Å². The van der Waals surface area contributed by atoms with E-state index < -0.39 is 11.7 Å². The predicted octanol–water partition coefficient (Wildman–Crippen LogP) is 2.93. The largest absolute Gasteiger partial charge is 0.484 e. The average Bonchev–Trinajstić information content (AvgIpc) is 2.64. The van der Waals surface area contributed by atoms with Gasteiger partial charge in [-0.25, -0.2) is 0 Å². The molecular weight excluding hydrogens is 333 g/mol. The molecule has 0 bridgehead atoms. The molecule has 0 unspecified atom stereocenters. The highest BCUT2D eigenvalue weighted by Crippen LogP contribution is 2.45. The van der Waals surface area contributed by atoms with E-state index in [9.17, 15) is 13.2 Å². The lowest BCUT2D eigenvalue weighted by atomic mass is 10.0. The van der Waals surface area contributed by atoms with Gasteiger partial charge in [0.2, 0.25) is 0 Å². The molecule has 0 spiro atoms. The van der Waals surface area contributed by atoms with E-state index in [0.717, 1.165) is 12.1 Å². The van der Waals surface area contributed by atoms with Crippen molar-refractivity contribution in [1.29, 1.82) is 0 Å². The van der Waals surface area contributed by atoms with Gasteiger partial charge in [-0.15, -0.1) is 0 Å². The molecule has 0 aromatic heterocycles. The van der Waals surface area contributed by atoms with E-state index in [1.54, 1.807) is 7.11 Å². The average molecular weight is 351 g/mol. The molecule has 1 aromatic carbocycles. The molecule has 4 nitrogen and oxygen atoms in total. The molecule has 3 rings (SSSR count). The van der Waals surface area contributed by atoms with Gasteiger partial charge in [0, 0.05) is 39.2 Å². The van der Waals surface area contributed by atoms with Gasteiger partial charge in [-0.3, -0.25) is 0 Å². The molecule has 1 aromatic rings. The maximum atomic E-state index is 13.1. The lowest BCUT2D eigenvalue weighted by molar-refractivity contribution is -0.137. The number of benzene rings is 1. The van der Waals surface area contributed by atoms with Gasteiger partial charge in [0.25, 0.3) is 0 Å². The number of hydrogen-bond donors (Lipinski definition) is 1. The summed E-state index contributed by atoms with van der Waals surface area (Å²) in [5.41, 5.74) is -0.345. The van der Waals surface area contributed by atoms with Crippen LogP contribution in [0.3, 0.4) is 0 Å². The van der Waals surface area contributed by atoms with Crippen molar-refractivity contribution < 1.29 is 22.6 Å². The molecule has 2 atom stereocenters. The Balaban J connectivity index is 2.07. The molecule has 0 amide bonds. The van der Waals surface area contributed by atoms with Gasteiger partial charge in [0.1, 0.15) is 6.10 Å². The van der Waals surface area contributed by atoms with Crippen molar-refractivity contribution in [2.75, 3.05) is 38.3 Å². The van der Waals surface area contributed by atoms with Crippen molar-refractivity contribution in [3.05, 3.63) is 22.7 Å². The second-order valence-electron chi connectivity index (χ2n) is 5.79. The molecule has 23 heavy (non-hydrogen) atoms. The maximum absolute atomic E-state index is 13.1. The zero-order chi connectivity index (χ0) is 16.6. The number of anilines is 1. The Morgan fingerprint density at radius 1 is 1.43 bits per heavy atom. The standard InChI is InChI=1S/C15H18ClF3N2O2/c1-22-8-11-6-10-7-20-2-3-21(10)13-5-9(15(17,18)19)4-12(16)14(13)23-11/h4-5,10-11,20H,2-3,6-8H2,1H3/t10-,11+/m1/s1. The normalized spacial score (nSPS) is 24.5. The van der Waals surface area contributed by atoms with Crippen LogP contribution in [-0.2, 0) is 10.9 Å².